The van der Waals surface area contributed by atoms with Crippen molar-refractivity contribution in [2.24, 2.45) is 5.41 Å². The van der Waals surface area contributed by atoms with Crippen LogP contribution in [0.3, 0.4) is 0 Å². The molecule has 1 aliphatic heterocycles. The van der Waals surface area contributed by atoms with E-state index in [0.29, 0.717) is 13.0 Å². The lowest BCUT2D eigenvalue weighted by Crippen LogP contribution is -2.37. The molecule has 1 aliphatic rings. The van der Waals surface area contributed by atoms with Gasteiger partial charge in [0.2, 0.25) is 15.9 Å². The predicted octanol–water partition coefficient (Wildman–Crippen LogP) is 6.73. The van der Waals surface area contributed by atoms with E-state index < -0.39 is 21.4 Å². The fourth-order valence-corrected chi connectivity index (χ4v) is 8.18. The Morgan fingerprint density at radius 1 is 1.04 bits per heavy atom. The van der Waals surface area contributed by atoms with E-state index in [1.54, 1.807) is 18.3 Å². The van der Waals surface area contributed by atoms with Crippen LogP contribution in [0.1, 0.15) is 73.4 Å². The minimum Gasteiger partial charge on any atom is -0.472 e. The Bertz CT molecular complexity index is 2090. The molecule has 0 spiro atoms. The van der Waals surface area contributed by atoms with Crippen molar-refractivity contribution < 1.29 is 22.7 Å². The van der Waals surface area contributed by atoms with Crippen LogP contribution >= 0.6 is 0 Å². The van der Waals surface area contributed by atoms with Gasteiger partial charge in [-0.25, -0.2) is 18.1 Å². The zero-order valence-electron chi connectivity index (χ0n) is 28.9. The molecule has 0 radical (unpaired) electrons. The number of pyridine rings is 1. The Hall–Kier alpha value is -4.61. The smallest absolute Gasteiger partial charge is 0.312 e. The van der Waals surface area contributed by atoms with Crippen LogP contribution in [0.4, 0.5) is 0 Å². The van der Waals surface area contributed by atoms with E-state index in [1.165, 1.54) is 4.31 Å². The molecular formula is C38H43N5O5S. The number of ether oxygens (including phenoxy) is 2. The van der Waals surface area contributed by atoms with Crippen molar-refractivity contribution in [3.8, 4) is 5.88 Å². The fraction of sp³-hybridized carbons (Fsp3) is 0.368. The first-order valence-electron chi connectivity index (χ1n) is 16.7. The number of fused-ring (bicyclic) bond motifs is 2. The third-order valence-electron chi connectivity index (χ3n) is 9.60. The van der Waals surface area contributed by atoms with Crippen molar-refractivity contribution in [1.29, 1.82) is 0 Å². The molecule has 49 heavy (non-hydrogen) atoms. The molecule has 3 heterocycles. The SMILES string of the molecule is CC[C@@H]1CN(Cc2cc([C@@H](c3ccc4c(nnn4CC)c3C)C(C)(C)C(=O)OCc3ccccc3)ccc2C)S(=O)(=O)c2cccnc2O1. The molecule has 5 aromatic rings. The number of sulfonamides is 1. The van der Waals surface area contributed by atoms with E-state index >= 15 is 0 Å². The van der Waals surface area contributed by atoms with Gasteiger partial charge in [0.05, 0.1) is 17.5 Å². The zero-order chi connectivity index (χ0) is 34.9. The molecule has 2 atom stereocenters. The summed E-state index contributed by atoms with van der Waals surface area (Å²) < 4.78 is 43.4. The number of carbonyl (C=O) groups is 1. The van der Waals surface area contributed by atoms with E-state index in [9.17, 15) is 13.2 Å². The lowest BCUT2D eigenvalue weighted by Gasteiger charge is -2.34. The Kier molecular flexibility index (Phi) is 9.59. The second-order valence-electron chi connectivity index (χ2n) is 13.2. The van der Waals surface area contributed by atoms with Crippen molar-refractivity contribution in [2.75, 3.05) is 6.54 Å². The second kappa shape index (κ2) is 13.7. The topological polar surface area (TPSA) is 117 Å². The largest absolute Gasteiger partial charge is 0.472 e. The third kappa shape index (κ3) is 6.57. The summed E-state index contributed by atoms with van der Waals surface area (Å²) in [7, 11) is -3.92. The number of hydrogen-bond donors (Lipinski definition) is 0. The number of aryl methyl sites for hydroxylation is 3. The summed E-state index contributed by atoms with van der Waals surface area (Å²) >= 11 is 0. The Morgan fingerprint density at radius 2 is 1.82 bits per heavy atom. The molecule has 2 aromatic heterocycles. The molecule has 0 saturated heterocycles. The van der Waals surface area contributed by atoms with E-state index in [4.69, 9.17) is 9.47 Å². The van der Waals surface area contributed by atoms with E-state index in [0.717, 1.165) is 44.4 Å². The number of nitrogens with zero attached hydrogens (tertiary/aromatic N) is 5. The van der Waals surface area contributed by atoms with Crippen LogP contribution in [0, 0.1) is 19.3 Å². The maximum absolute atomic E-state index is 14.1. The lowest BCUT2D eigenvalue weighted by atomic mass is 9.69. The molecule has 6 rings (SSSR count). The summed E-state index contributed by atoms with van der Waals surface area (Å²) in [6.45, 7) is 12.9. The van der Waals surface area contributed by atoms with Crippen LogP contribution in [0.25, 0.3) is 11.0 Å². The van der Waals surface area contributed by atoms with Gasteiger partial charge in [-0.15, -0.1) is 5.10 Å². The molecule has 0 bridgehead atoms. The third-order valence-corrected chi connectivity index (χ3v) is 11.4. The second-order valence-corrected chi connectivity index (χ2v) is 15.1. The predicted molar refractivity (Wildman–Crippen MR) is 188 cm³/mol. The highest BCUT2D eigenvalue weighted by atomic mass is 32.2. The summed E-state index contributed by atoms with van der Waals surface area (Å²) in [4.78, 5) is 18.4. The van der Waals surface area contributed by atoms with Gasteiger partial charge in [0, 0.05) is 25.2 Å². The van der Waals surface area contributed by atoms with Crippen LogP contribution in [0.15, 0.2) is 83.9 Å². The Balaban J connectivity index is 1.43. The van der Waals surface area contributed by atoms with Gasteiger partial charge in [0.1, 0.15) is 23.1 Å². The van der Waals surface area contributed by atoms with E-state index in [-0.39, 0.29) is 42.5 Å². The van der Waals surface area contributed by atoms with Crippen LogP contribution in [-0.2, 0) is 39.3 Å². The average molecular weight is 682 g/mol. The molecule has 3 aromatic carbocycles. The number of benzene rings is 3. The number of carbonyl (C=O) groups excluding carboxylic acids is 1. The number of rotatable bonds is 10. The summed E-state index contributed by atoms with van der Waals surface area (Å²) in [5, 5.41) is 8.85. The summed E-state index contributed by atoms with van der Waals surface area (Å²) in [6.07, 6.45) is 1.80. The molecule has 0 N–H and O–H groups in total. The molecule has 0 fully saturated rings. The van der Waals surface area contributed by atoms with Crippen LogP contribution in [0.5, 0.6) is 5.88 Å². The maximum atomic E-state index is 14.1. The van der Waals surface area contributed by atoms with Gasteiger partial charge >= 0.3 is 5.97 Å². The minimum atomic E-state index is -3.92. The Labute approximate surface area is 288 Å². The van der Waals surface area contributed by atoms with Crippen LogP contribution in [0.2, 0.25) is 0 Å². The fourth-order valence-electron chi connectivity index (χ4n) is 6.65. The summed E-state index contributed by atoms with van der Waals surface area (Å²) in [5.41, 5.74) is 6.06. The Morgan fingerprint density at radius 3 is 2.55 bits per heavy atom. The molecule has 256 valence electrons. The highest BCUT2D eigenvalue weighted by Gasteiger charge is 2.42. The van der Waals surface area contributed by atoms with Gasteiger partial charge in [-0.3, -0.25) is 4.79 Å². The lowest BCUT2D eigenvalue weighted by molar-refractivity contribution is -0.156. The first-order valence-corrected chi connectivity index (χ1v) is 18.1. The van der Waals surface area contributed by atoms with Gasteiger partial charge < -0.3 is 9.47 Å². The maximum Gasteiger partial charge on any atom is 0.312 e. The van der Waals surface area contributed by atoms with E-state index in [2.05, 4.69) is 21.4 Å². The molecule has 0 amide bonds. The van der Waals surface area contributed by atoms with Gasteiger partial charge in [0.25, 0.3) is 0 Å². The van der Waals surface area contributed by atoms with Crippen LogP contribution < -0.4 is 4.74 Å². The summed E-state index contributed by atoms with van der Waals surface area (Å²) in [5.74, 6) is -0.671. The minimum absolute atomic E-state index is 0.0592. The molecule has 0 saturated carbocycles. The molecule has 10 nitrogen and oxygen atoms in total. The number of aromatic nitrogens is 4. The highest BCUT2D eigenvalue weighted by molar-refractivity contribution is 7.89. The van der Waals surface area contributed by atoms with Gasteiger partial charge in [-0.1, -0.05) is 66.7 Å². The first-order chi connectivity index (χ1) is 23.4. The first kappa shape index (κ1) is 34.3. The standard InChI is InChI=1S/C38H43N5O5S/c1-7-30-23-42(49(45,46)33-15-12-20-39-36(33)48-30)22-29-21-28(17-16-25(29)3)34(31-18-19-32-35(26(31)4)40-41-43(32)8-2)38(5,6)37(44)47-24-27-13-10-9-11-14-27/h9-21,30,34H,7-8,22-24H2,1-6H3/t30-,34+/m1/s1. The highest BCUT2D eigenvalue weighted by Crippen LogP contribution is 2.45. The van der Waals surface area contributed by atoms with E-state index in [1.807, 2.05) is 101 Å². The number of hydrogen-bond acceptors (Lipinski definition) is 8. The van der Waals surface area contributed by atoms with Crippen molar-refractivity contribution >= 4 is 27.0 Å². The molecule has 0 unspecified atom stereocenters. The molecular weight excluding hydrogens is 639 g/mol. The van der Waals surface area contributed by atoms with Crippen molar-refractivity contribution in [3.63, 3.8) is 0 Å². The van der Waals surface area contributed by atoms with Crippen molar-refractivity contribution in [3.05, 3.63) is 112 Å². The van der Waals surface area contributed by atoms with Gasteiger partial charge in [0.15, 0.2) is 0 Å². The normalized spacial score (nSPS) is 16.8. The van der Waals surface area contributed by atoms with Gasteiger partial charge in [-0.05, 0) is 92.6 Å². The van der Waals surface area contributed by atoms with Crippen molar-refractivity contribution in [2.45, 2.75) is 84.6 Å². The summed E-state index contributed by atoms with van der Waals surface area (Å²) in [6, 6.07) is 22.9. The monoisotopic (exact) mass is 681 g/mol. The quantitative estimate of drug-likeness (QED) is 0.149. The van der Waals surface area contributed by atoms with Crippen LogP contribution in [-0.4, -0.2) is 51.3 Å². The molecule has 11 heteroatoms. The number of esters is 1. The van der Waals surface area contributed by atoms with Gasteiger partial charge in [-0.2, -0.15) is 4.31 Å². The van der Waals surface area contributed by atoms with Crippen molar-refractivity contribution in [1.82, 2.24) is 24.3 Å². The molecule has 0 aliphatic carbocycles. The average Bonchev–Trinajstić information content (AvgIpc) is 3.49. The zero-order valence-corrected chi connectivity index (χ0v) is 29.7.